The third-order valence-electron chi connectivity index (χ3n) is 4.03. The predicted molar refractivity (Wildman–Crippen MR) is 87.5 cm³/mol. The van der Waals surface area contributed by atoms with Crippen molar-refractivity contribution in [3.05, 3.63) is 0 Å². The first kappa shape index (κ1) is 20.4. The zero-order valence-electron chi connectivity index (χ0n) is 14.5. The first-order valence-electron chi connectivity index (χ1n) is 8.76. The maximum Gasteiger partial charge on any atom is 0.320 e. The van der Waals surface area contributed by atoms with Gasteiger partial charge in [0.05, 0.1) is 32.8 Å². The summed E-state index contributed by atoms with van der Waals surface area (Å²) in [5, 5.41) is 8.91. The molecule has 0 bridgehead atoms. The van der Waals surface area contributed by atoms with Crippen molar-refractivity contribution in [2.24, 2.45) is 5.92 Å². The lowest BCUT2D eigenvalue weighted by Crippen LogP contribution is -2.39. The van der Waals surface area contributed by atoms with Gasteiger partial charge in [-0.2, -0.15) is 0 Å². The van der Waals surface area contributed by atoms with E-state index >= 15 is 0 Å². The molecule has 0 unspecified atom stereocenters. The molecule has 1 rings (SSSR count). The maximum atomic E-state index is 11.9. The van der Waals surface area contributed by atoms with Gasteiger partial charge in [0.15, 0.2) is 0 Å². The molecule has 0 aromatic carbocycles. The molecule has 0 atom stereocenters. The minimum Gasteiger partial charge on any atom is -0.480 e. The predicted octanol–water partition coefficient (Wildman–Crippen LogP) is 1.84. The Morgan fingerprint density at radius 1 is 1.00 bits per heavy atom. The van der Waals surface area contributed by atoms with Crippen molar-refractivity contribution in [2.45, 2.75) is 51.9 Å². The minimum absolute atomic E-state index is 0.220. The molecule has 138 valence electrons. The molecule has 1 N–H and O–H groups in total. The molecule has 1 fully saturated rings. The van der Waals surface area contributed by atoms with Crippen LogP contribution in [0.4, 0.5) is 0 Å². The quantitative estimate of drug-likeness (QED) is 0.452. The minimum atomic E-state index is -1.10. The molecule has 24 heavy (non-hydrogen) atoms. The van der Waals surface area contributed by atoms with Crippen LogP contribution in [-0.4, -0.2) is 60.8 Å². The lowest BCUT2D eigenvalue weighted by Gasteiger charge is -2.22. The molecular formula is C17H29NO6. The Morgan fingerprint density at radius 3 is 2.21 bits per heavy atom. The van der Waals surface area contributed by atoms with Gasteiger partial charge in [0.1, 0.15) is 0 Å². The number of nitrogens with zero attached hydrogens (tertiary/aromatic N) is 1. The third-order valence-corrected chi connectivity index (χ3v) is 4.03. The molecule has 1 saturated carbocycles. The summed E-state index contributed by atoms with van der Waals surface area (Å²) >= 11 is 0. The summed E-state index contributed by atoms with van der Waals surface area (Å²) in [4.78, 5) is 35.7. The monoisotopic (exact) mass is 343 g/mol. The van der Waals surface area contributed by atoms with Crippen molar-refractivity contribution in [2.75, 3.05) is 32.8 Å². The number of carboxylic acids is 1. The lowest BCUT2D eigenvalue weighted by atomic mass is 9.90. The molecule has 0 saturated heterocycles. The molecule has 0 spiro atoms. The Labute approximate surface area is 143 Å². The van der Waals surface area contributed by atoms with Crippen LogP contribution in [0.1, 0.15) is 51.9 Å². The van der Waals surface area contributed by atoms with E-state index in [-0.39, 0.29) is 13.1 Å². The summed E-state index contributed by atoms with van der Waals surface area (Å²) in [5.74, 6) is -1.72. The zero-order valence-corrected chi connectivity index (χ0v) is 14.5. The van der Waals surface area contributed by atoms with Crippen molar-refractivity contribution in [1.82, 2.24) is 4.90 Å². The van der Waals surface area contributed by atoms with Crippen molar-refractivity contribution < 1.29 is 29.0 Å². The number of unbranched alkanes of at least 4 members (excludes halogenated alkanes) is 1. The number of hydrogen-bond acceptors (Lipinski definition) is 6. The fourth-order valence-corrected chi connectivity index (χ4v) is 2.71. The molecule has 1 aliphatic carbocycles. The molecule has 7 nitrogen and oxygen atoms in total. The van der Waals surface area contributed by atoms with Crippen LogP contribution in [-0.2, 0) is 23.9 Å². The van der Waals surface area contributed by atoms with Gasteiger partial charge in [-0.05, 0) is 25.2 Å². The molecule has 0 amide bonds. The van der Waals surface area contributed by atoms with E-state index in [1.165, 1.54) is 11.3 Å². The Bertz CT molecular complexity index is 406. The normalized spacial score (nSPS) is 15.2. The van der Waals surface area contributed by atoms with Crippen molar-refractivity contribution in [3.8, 4) is 0 Å². The Kier molecular flexibility index (Phi) is 10.1. The summed E-state index contributed by atoms with van der Waals surface area (Å²) in [6, 6.07) is 0. The fourth-order valence-electron chi connectivity index (χ4n) is 2.71. The summed E-state index contributed by atoms with van der Waals surface area (Å²) in [6.45, 7) is 1.81. The van der Waals surface area contributed by atoms with Crippen LogP contribution in [0.3, 0.4) is 0 Å². The summed E-state index contributed by atoms with van der Waals surface area (Å²) in [7, 11) is 0. The van der Waals surface area contributed by atoms with Gasteiger partial charge in [-0.25, -0.2) is 0 Å². The second-order valence-corrected chi connectivity index (χ2v) is 6.30. The van der Waals surface area contributed by atoms with E-state index in [0.29, 0.717) is 19.1 Å². The molecule has 0 heterocycles. The number of carboxylic acid groups (broad SMARTS) is 1. The van der Waals surface area contributed by atoms with Crippen LogP contribution < -0.4 is 0 Å². The fraction of sp³-hybridized carbons (Fsp3) is 0.824. The van der Waals surface area contributed by atoms with Gasteiger partial charge in [-0.3, -0.25) is 19.3 Å². The van der Waals surface area contributed by atoms with Gasteiger partial charge in [-0.1, -0.05) is 32.6 Å². The van der Waals surface area contributed by atoms with Gasteiger partial charge in [0, 0.05) is 0 Å². The second-order valence-electron chi connectivity index (χ2n) is 6.30. The van der Waals surface area contributed by atoms with E-state index in [1.807, 2.05) is 6.92 Å². The van der Waals surface area contributed by atoms with Gasteiger partial charge in [0.2, 0.25) is 0 Å². The van der Waals surface area contributed by atoms with Crippen molar-refractivity contribution in [3.63, 3.8) is 0 Å². The number of ether oxygens (including phenoxy) is 2. The molecule has 0 aliphatic heterocycles. The topological polar surface area (TPSA) is 93.1 Å². The van der Waals surface area contributed by atoms with Crippen LogP contribution in [0, 0.1) is 5.92 Å². The standard InChI is InChI=1S/C17H29NO6/c1-2-3-9-23-16(21)11-18(10-15(19)20)12-17(22)24-13-14-7-5-4-6-8-14/h14H,2-13H2,1H3,(H,19,20). The van der Waals surface area contributed by atoms with Crippen molar-refractivity contribution >= 4 is 17.9 Å². The maximum absolute atomic E-state index is 11.9. The van der Waals surface area contributed by atoms with Crippen LogP contribution in [0.25, 0.3) is 0 Å². The van der Waals surface area contributed by atoms with Crippen LogP contribution in [0.2, 0.25) is 0 Å². The van der Waals surface area contributed by atoms with E-state index in [2.05, 4.69) is 0 Å². The summed E-state index contributed by atoms with van der Waals surface area (Å²) < 4.78 is 10.3. The molecule has 0 radical (unpaired) electrons. The average Bonchev–Trinajstić information content (AvgIpc) is 2.53. The second kappa shape index (κ2) is 11.8. The molecule has 0 aromatic rings. The third kappa shape index (κ3) is 9.50. The highest BCUT2D eigenvalue weighted by Crippen LogP contribution is 2.23. The van der Waals surface area contributed by atoms with Gasteiger partial charge in [0.25, 0.3) is 0 Å². The molecule has 7 heteroatoms. The number of hydrogen-bond donors (Lipinski definition) is 1. The molecule has 1 aliphatic rings. The van der Waals surface area contributed by atoms with Crippen molar-refractivity contribution in [1.29, 1.82) is 0 Å². The van der Waals surface area contributed by atoms with E-state index in [1.54, 1.807) is 0 Å². The van der Waals surface area contributed by atoms with E-state index in [0.717, 1.165) is 38.5 Å². The number of aliphatic carboxylic acids is 1. The Balaban J connectivity index is 2.35. The Hall–Kier alpha value is -1.63. The van der Waals surface area contributed by atoms with Crippen LogP contribution in [0.5, 0.6) is 0 Å². The van der Waals surface area contributed by atoms with E-state index < -0.39 is 24.5 Å². The number of carbonyl (C=O) groups is 3. The van der Waals surface area contributed by atoms with Gasteiger partial charge < -0.3 is 14.6 Å². The van der Waals surface area contributed by atoms with Gasteiger partial charge in [-0.15, -0.1) is 0 Å². The van der Waals surface area contributed by atoms with Crippen LogP contribution >= 0.6 is 0 Å². The number of carbonyl (C=O) groups excluding carboxylic acids is 2. The number of esters is 2. The molecular weight excluding hydrogens is 314 g/mol. The first-order chi connectivity index (χ1) is 11.5. The highest BCUT2D eigenvalue weighted by molar-refractivity contribution is 5.77. The highest BCUT2D eigenvalue weighted by atomic mass is 16.5. The highest BCUT2D eigenvalue weighted by Gasteiger charge is 2.20. The van der Waals surface area contributed by atoms with E-state index in [9.17, 15) is 14.4 Å². The first-order valence-corrected chi connectivity index (χ1v) is 8.76. The zero-order chi connectivity index (χ0) is 17.8. The SMILES string of the molecule is CCCCOC(=O)CN(CC(=O)O)CC(=O)OCC1CCCCC1. The summed E-state index contributed by atoms with van der Waals surface area (Å²) in [5.41, 5.74) is 0. The molecule has 0 aromatic heterocycles. The number of rotatable bonds is 11. The largest absolute Gasteiger partial charge is 0.480 e. The van der Waals surface area contributed by atoms with Crippen LogP contribution in [0.15, 0.2) is 0 Å². The van der Waals surface area contributed by atoms with E-state index in [4.69, 9.17) is 14.6 Å². The average molecular weight is 343 g/mol. The Morgan fingerprint density at radius 2 is 1.62 bits per heavy atom. The summed E-state index contributed by atoms with van der Waals surface area (Å²) in [6.07, 6.45) is 7.35. The van der Waals surface area contributed by atoms with Gasteiger partial charge >= 0.3 is 17.9 Å². The smallest absolute Gasteiger partial charge is 0.320 e. The lowest BCUT2D eigenvalue weighted by molar-refractivity contribution is -0.151.